The number of furan rings is 1. The van der Waals surface area contributed by atoms with Crippen LogP contribution in [0.15, 0.2) is 16.5 Å². The first-order chi connectivity index (χ1) is 8.01. The third-order valence-corrected chi connectivity index (χ3v) is 3.32. The highest BCUT2D eigenvalue weighted by molar-refractivity contribution is 5.92. The predicted molar refractivity (Wildman–Crippen MR) is 69.1 cm³/mol. The lowest BCUT2D eigenvalue weighted by Gasteiger charge is -2.33. The summed E-state index contributed by atoms with van der Waals surface area (Å²) in [5.74, 6) is 1.23. The summed E-state index contributed by atoms with van der Waals surface area (Å²) < 4.78 is 5.42. The molecule has 17 heavy (non-hydrogen) atoms. The summed E-state index contributed by atoms with van der Waals surface area (Å²) >= 11 is 0. The van der Waals surface area contributed by atoms with Crippen LogP contribution in [-0.2, 0) is 0 Å². The number of hydrogen-bond acceptors (Lipinski definition) is 2. The Morgan fingerprint density at radius 1 is 1.24 bits per heavy atom. The van der Waals surface area contributed by atoms with E-state index in [-0.39, 0.29) is 18.0 Å². The molecule has 1 heterocycles. The van der Waals surface area contributed by atoms with Gasteiger partial charge >= 0.3 is 0 Å². The van der Waals surface area contributed by atoms with Gasteiger partial charge in [0.1, 0.15) is 5.76 Å². The minimum absolute atomic E-state index is 0.00167. The van der Waals surface area contributed by atoms with Crippen LogP contribution in [0.1, 0.15) is 56.9 Å². The molecule has 1 amide bonds. The van der Waals surface area contributed by atoms with E-state index >= 15 is 0 Å². The molecule has 1 aromatic rings. The van der Waals surface area contributed by atoms with Crippen molar-refractivity contribution in [2.75, 3.05) is 0 Å². The number of carbonyl (C=O) groups excluding carboxylic acids is 1. The number of hydrogen-bond donors (Lipinski definition) is 0. The van der Waals surface area contributed by atoms with Crippen LogP contribution in [0.5, 0.6) is 0 Å². The zero-order chi connectivity index (χ0) is 13.0. The third-order valence-electron chi connectivity index (χ3n) is 3.32. The van der Waals surface area contributed by atoms with Gasteiger partial charge in [0.15, 0.2) is 5.76 Å². The second-order valence-corrected chi connectivity index (χ2v) is 4.64. The van der Waals surface area contributed by atoms with Crippen molar-refractivity contribution in [2.45, 2.75) is 59.5 Å². The Hall–Kier alpha value is -1.25. The first kappa shape index (κ1) is 13.8. The molecular formula is C14H23NO2. The van der Waals surface area contributed by atoms with Crippen LogP contribution >= 0.6 is 0 Å². The van der Waals surface area contributed by atoms with Gasteiger partial charge in [-0.1, -0.05) is 13.8 Å². The molecule has 3 heteroatoms. The quantitative estimate of drug-likeness (QED) is 0.783. The lowest BCUT2D eigenvalue weighted by molar-refractivity contribution is 0.0564. The normalized spacial score (nSPS) is 14.4. The molecule has 0 bridgehead atoms. The van der Waals surface area contributed by atoms with Crippen molar-refractivity contribution >= 4 is 5.91 Å². The second-order valence-electron chi connectivity index (χ2n) is 4.64. The Labute approximate surface area is 104 Å². The Kier molecular flexibility index (Phi) is 4.79. The molecule has 0 saturated heterocycles. The summed E-state index contributed by atoms with van der Waals surface area (Å²) in [4.78, 5) is 14.3. The fourth-order valence-corrected chi connectivity index (χ4v) is 1.90. The maximum absolute atomic E-state index is 12.4. The standard InChI is InChI=1S/C14H23NO2/c1-6-10(3)15(11(4)7-2)14(16)13-9-8-12(5)17-13/h8-11H,6-7H2,1-5H3/t10-,11-/m1/s1. The fourth-order valence-electron chi connectivity index (χ4n) is 1.90. The van der Waals surface area contributed by atoms with Crippen molar-refractivity contribution in [2.24, 2.45) is 0 Å². The number of aryl methyl sites for hydroxylation is 1. The van der Waals surface area contributed by atoms with E-state index < -0.39 is 0 Å². The van der Waals surface area contributed by atoms with Crippen molar-refractivity contribution < 1.29 is 9.21 Å². The average Bonchev–Trinajstić information content (AvgIpc) is 2.75. The number of rotatable bonds is 5. The van der Waals surface area contributed by atoms with Gasteiger partial charge in [-0.15, -0.1) is 0 Å². The molecule has 0 aliphatic heterocycles. The van der Waals surface area contributed by atoms with Gasteiger partial charge in [0.05, 0.1) is 0 Å². The van der Waals surface area contributed by atoms with Crippen LogP contribution in [-0.4, -0.2) is 22.9 Å². The van der Waals surface area contributed by atoms with Gasteiger partial charge in [0, 0.05) is 12.1 Å². The fraction of sp³-hybridized carbons (Fsp3) is 0.643. The molecule has 2 atom stereocenters. The molecule has 0 saturated carbocycles. The van der Waals surface area contributed by atoms with Crippen LogP contribution in [0, 0.1) is 6.92 Å². The van der Waals surface area contributed by atoms with E-state index in [9.17, 15) is 4.79 Å². The Morgan fingerprint density at radius 3 is 2.12 bits per heavy atom. The van der Waals surface area contributed by atoms with Crippen LogP contribution in [0.2, 0.25) is 0 Å². The van der Waals surface area contributed by atoms with Crippen LogP contribution < -0.4 is 0 Å². The van der Waals surface area contributed by atoms with Gasteiger partial charge in [-0.3, -0.25) is 4.79 Å². The maximum atomic E-state index is 12.4. The minimum atomic E-state index is 0.00167. The SMILES string of the molecule is CC[C@@H](C)N(C(=O)c1ccc(C)o1)[C@H](C)CC. The summed E-state index contributed by atoms with van der Waals surface area (Å²) in [6.07, 6.45) is 1.91. The number of amides is 1. The van der Waals surface area contributed by atoms with E-state index in [1.807, 2.05) is 17.9 Å². The number of carbonyl (C=O) groups is 1. The van der Waals surface area contributed by atoms with Crippen molar-refractivity contribution in [3.63, 3.8) is 0 Å². The van der Waals surface area contributed by atoms with Gasteiger partial charge in [-0.05, 0) is 45.7 Å². The lowest BCUT2D eigenvalue weighted by Crippen LogP contribution is -2.44. The van der Waals surface area contributed by atoms with E-state index in [2.05, 4.69) is 27.7 Å². The molecule has 3 nitrogen and oxygen atoms in total. The van der Waals surface area contributed by atoms with Gasteiger partial charge in [0.25, 0.3) is 5.91 Å². The average molecular weight is 237 g/mol. The topological polar surface area (TPSA) is 33.5 Å². The minimum Gasteiger partial charge on any atom is -0.456 e. The van der Waals surface area contributed by atoms with E-state index in [0.29, 0.717) is 5.76 Å². The van der Waals surface area contributed by atoms with Crippen LogP contribution in [0.25, 0.3) is 0 Å². The van der Waals surface area contributed by atoms with E-state index in [1.54, 1.807) is 6.07 Å². The van der Waals surface area contributed by atoms with Crippen molar-refractivity contribution in [3.8, 4) is 0 Å². The highest BCUT2D eigenvalue weighted by Gasteiger charge is 2.26. The Bertz CT molecular complexity index is 360. The smallest absolute Gasteiger partial charge is 0.290 e. The predicted octanol–water partition coefficient (Wildman–Crippen LogP) is 3.63. The highest BCUT2D eigenvalue weighted by atomic mass is 16.3. The first-order valence-electron chi connectivity index (χ1n) is 6.40. The molecule has 0 radical (unpaired) electrons. The summed E-state index contributed by atoms with van der Waals surface area (Å²) in [5.41, 5.74) is 0. The maximum Gasteiger partial charge on any atom is 0.290 e. The summed E-state index contributed by atoms with van der Waals surface area (Å²) in [7, 11) is 0. The van der Waals surface area contributed by atoms with Crippen LogP contribution in [0.4, 0.5) is 0 Å². The monoisotopic (exact) mass is 237 g/mol. The highest BCUT2D eigenvalue weighted by Crippen LogP contribution is 2.17. The molecule has 0 spiro atoms. The first-order valence-corrected chi connectivity index (χ1v) is 6.40. The molecule has 1 rings (SSSR count). The zero-order valence-corrected chi connectivity index (χ0v) is 11.5. The van der Waals surface area contributed by atoms with Crippen LogP contribution in [0.3, 0.4) is 0 Å². The van der Waals surface area contributed by atoms with Crippen molar-refractivity contribution in [1.82, 2.24) is 4.90 Å². The second kappa shape index (κ2) is 5.89. The molecule has 0 aliphatic carbocycles. The molecule has 96 valence electrons. The van der Waals surface area contributed by atoms with E-state index in [4.69, 9.17) is 4.42 Å². The number of nitrogens with zero attached hydrogens (tertiary/aromatic N) is 1. The summed E-state index contributed by atoms with van der Waals surface area (Å²) in [6, 6.07) is 4.07. The van der Waals surface area contributed by atoms with Gasteiger partial charge in [-0.2, -0.15) is 0 Å². The van der Waals surface area contributed by atoms with Gasteiger partial charge in [0.2, 0.25) is 0 Å². The zero-order valence-electron chi connectivity index (χ0n) is 11.5. The molecule has 0 unspecified atom stereocenters. The van der Waals surface area contributed by atoms with Gasteiger partial charge in [-0.25, -0.2) is 0 Å². The third kappa shape index (κ3) is 3.11. The van der Waals surface area contributed by atoms with Crippen molar-refractivity contribution in [3.05, 3.63) is 23.7 Å². The Balaban J connectivity index is 2.94. The summed E-state index contributed by atoms with van der Waals surface area (Å²) in [5, 5.41) is 0. The van der Waals surface area contributed by atoms with E-state index in [0.717, 1.165) is 18.6 Å². The molecule has 0 fully saturated rings. The largest absolute Gasteiger partial charge is 0.456 e. The van der Waals surface area contributed by atoms with Gasteiger partial charge < -0.3 is 9.32 Å². The van der Waals surface area contributed by atoms with Crippen molar-refractivity contribution in [1.29, 1.82) is 0 Å². The molecule has 0 aliphatic rings. The van der Waals surface area contributed by atoms with E-state index in [1.165, 1.54) is 0 Å². The summed E-state index contributed by atoms with van der Waals surface area (Å²) in [6.45, 7) is 10.2. The lowest BCUT2D eigenvalue weighted by atomic mass is 10.1. The molecular weight excluding hydrogens is 214 g/mol. The molecule has 0 aromatic carbocycles. The molecule has 0 N–H and O–H groups in total. The molecule has 1 aromatic heterocycles. The Morgan fingerprint density at radius 2 is 1.76 bits per heavy atom.